The van der Waals surface area contributed by atoms with Gasteiger partial charge in [0.15, 0.2) is 0 Å². The first-order valence-corrected chi connectivity index (χ1v) is 9.39. The van der Waals surface area contributed by atoms with Gasteiger partial charge in [0.05, 0.1) is 18.2 Å². The van der Waals surface area contributed by atoms with Gasteiger partial charge < -0.3 is 15.0 Å². The van der Waals surface area contributed by atoms with Gasteiger partial charge in [-0.25, -0.2) is 0 Å². The maximum atomic E-state index is 13.2. The predicted octanol–water partition coefficient (Wildman–Crippen LogP) is 3.93. The maximum absolute atomic E-state index is 13.2. The van der Waals surface area contributed by atoms with Crippen LogP contribution in [0.5, 0.6) is 5.75 Å². The first-order chi connectivity index (χ1) is 14.1. The molecule has 1 atom stereocenters. The van der Waals surface area contributed by atoms with Crippen molar-refractivity contribution in [3.63, 3.8) is 0 Å². The summed E-state index contributed by atoms with van der Waals surface area (Å²) in [5.74, 6) is 0.146. The molecule has 0 fully saturated rings. The Kier molecular flexibility index (Phi) is 4.99. The second-order valence-corrected chi connectivity index (χ2v) is 7.01. The van der Waals surface area contributed by atoms with Crippen LogP contribution in [0.1, 0.15) is 33.2 Å². The number of methoxy groups -OCH3 is 1. The van der Waals surface area contributed by atoms with Crippen molar-refractivity contribution in [1.29, 1.82) is 0 Å². The molecule has 2 amide bonds. The fourth-order valence-corrected chi connectivity index (χ4v) is 3.60. The Morgan fingerprint density at radius 2 is 1.86 bits per heavy atom. The van der Waals surface area contributed by atoms with Crippen LogP contribution in [0.2, 0.25) is 0 Å². The number of carbonyl (C=O) groups excluding carboxylic acids is 2. The Balaban J connectivity index is 1.57. The van der Waals surface area contributed by atoms with Crippen molar-refractivity contribution < 1.29 is 14.3 Å². The number of ether oxygens (including phenoxy) is 1. The molecule has 0 saturated heterocycles. The highest BCUT2D eigenvalue weighted by Gasteiger charge is 2.31. The molecule has 6 heteroatoms. The van der Waals surface area contributed by atoms with E-state index >= 15 is 0 Å². The van der Waals surface area contributed by atoms with Crippen LogP contribution in [0.25, 0.3) is 0 Å². The molecule has 0 saturated carbocycles. The summed E-state index contributed by atoms with van der Waals surface area (Å²) < 4.78 is 5.17. The summed E-state index contributed by atoms with van der Waals surface area (Å²) in [5, 5.41) is 2.81. The smallest absolute Gasteiger partial charge is 0.260 e. The molecule has 146 valence electrons. The summed E-state index contributed by atoms with van der Waals surface area (Å²) in [4.78, 5) is 31.7. The van der Waals surface area contributed by atoms with E-state index in [2.05, 4.69) is 10.3 Å². The zero-order chi connectivity index (χ0) is 20.4. The van der Waals surface area contributed by atoms with Gasteiger partial charge in [-0.1, -0.05) is 24.3 Å². The predicted molar refractivity (Wildman–Crippen MR) is 112 cm³/mol. The van der Waals surface area contributed by atoms with E-state index in [1.807, 2.05) is 31.2 Å². The lowest BCUT2D eigenvalue weighted by Crippen LogP contribution is -2.35. The normalized spacial score (nSPS) is 15.0. The molecule has 1 aliphatic heterocycles. The molecule has 0 radical (unpaired) electrons. The molecule has 1 aliphatic rings. The van der Waals surface area contributed by atoms with Crippen LogP contribution in [-0.2, 0) is 6.42 Å². The van der Waals surface area contributed by atoms with E-state index in [9.17, 15) is 9.59 Å². The first kappa shape index (κ1) is 18.7. The van der Waals surface area contributed by atoms with Crippen molar-refractivity contribution in [2.45, 2.75) is 19.4 Å². The van der Waals surface area contributed by atoms with Crippen LogP contribution in [0.3, 0.4) is 0 Å². The Hall–Kier alpha value is -3.67. The van der Waals surface area contributed by atoms with Crippen LogP contribution in [0.4, 0.5) is 11.4 Å². The minimum Gasteiger partial charge on any atom is -0.497 e. The quantitative estimate of drug-likeness (QED) is 0.736. The minimum atomic E-state index is -0.338. The highest BCUT2D eigenvalue weighted by molar-refractivity contribution is 6.10. The number of fused-ring (bicyclic) bond motifs is 1. The Morgan fingerprint density at radius 1 is 1.07 bits per heavy atom. The van der Waals surface area contributed by atoms with Crippen molar-refractivity contribution in [3.05, 3.63) is 83.7 Å². The number of nitrogens with one attached hydrogen (secondary N) is 1. The van der Waals surface area contributed by atoms with Gasteiger partial charge in [-0.05, 0) is 43.2 Å². The van der Waals surface area contributed by atoms with E-state index in [0.29, 0.717) is 22.6 Å². The molecule has 0 aliphatic carbocycles. The SMILES string of the molecule is COc1cccc(NC(=O)c2cncc(C(=O)N3c4ccccc4CC3C)c2)c1. The fraction of sp³-hybridized carbons (Fsp3) is 0.174. The van der Waals surface area contributed by atoms with E-state index < -0.39 is 0 Å². The largest absolute Gasteiger partial charge is 0.497 e. The highest BCUT2D eigenvalue weighted by Crippen LogP contribution is 2.33. The van der Waals surface area contributed by atoms with Gasteiger partial charge in [0.25, 0.3) is 11.8 Å². The number of nitrogens with zero attached hydrogens (tertiary/aromatic N) is 2. The number of hydrogen-bond donors (Lipinski definition) is 1. The van der Waals surface area contributed by atoms with Crippen molar-refractivity contribution in [2.75, 3.05) is 17.3 Å². The number of para-hydroxylation sites is 1. The van der Waals surface area contributed by atoms with Crippen LogP contribution in [0, 0.1) is 0 Å². The number of rotatable bonds is 4. The number of amides is 2. The molecule has 2 aromatic carbocycles. The lowest BCUT2D eigenvalue weighted by molar-refractivity contribution is 0.0981. The number of aromatic nitrogens is 1. The lowest BCUT2D eigenvalue weighted by Gasteiger charge is -2.22. The molecule has 29 heavy (non-hydrogen) atoms. The van der Waals surface area contributed by atoms with Crippen molar-refractivity contribution in [3.8, 4) is 5.75 Å². The standard InChI is InChI=1S/C23H21N3O3/c1-15-10-16-6-3-4-9-21(16)26(15)23(28)18-11-17(13-24-14-18)22(27)25-19-7-5-8-20(12-19)29-2/h3-9,11-15H,10H2,1-2H3,(H,25,27). The number of anilines is 2. The lowest BCUT2D eigenvalue weighted by atomic mass is 10.1. The van der Waals surface area contributed by atoms with Gasteiger partial charge in [-0.2, -0.15) is 0 Å². The Morgan fingerprint density at radius 3 is 2.69 bits per heavy atom. The molecule has 4 rings (SSSR count). The van der Waals surface area contributed by atoms with Crippen molar-refractivity contribution in [1.82, 2.24) is 4.98 Å². The van der Waals surface area contributed by atoms with Gasteiger partial charge in [0.1, 0.15) is 5.75 Å². The van der Waals surface area contributed by atoms with Gasteiger partial charge in [0.2, 0.25) is 0 Å². The average Bonchev–Trinajstić information content (AvgIpc) is 3.09. The van der Waals surface area contributed by atoms with E-state index in [-0.39, 0.29) is 17.9 Å². The molecular formula is C23H21N3O3. The van der Waals surface area contributed by atoms with Crippen LogP contribution in [0.15, 0.2) is 67.0 Å². The van der Waals surface area contributed by atoms with Crippen molar-refractivity contribution >= 4 is 23.2 Å². The van der Waals surface area contributed by atoms with E-state index in [4.69, 9.17) is 4.74 Å². The number of pyridine rings is 1. The second-order valence-electron chi connectivity index (χ2n) is 7.01. The molecule has 1 aromatic heterocycles. The molecule has 1 N–H and O–H groups in total. The summed E-state index contributed by atoms with van der Waals surface area (Å²) in [6, 6.07) is 16.6. The number of hydrogen-bond acceptors (Lipinski definition) is 4. The third kappa shape index (κ3) is 3.69. The average molecular weight is 387 g/mol. The number of benzene rings is 2. The van der Waals surface area contributed by atoms with Gasteiger partial charge in [-0.15, -0.1) is 0 Å². The third-order valence-corrected chi connectivity index (χ3v) is 5.00. The van der Waals surface area contributed by atoms with Crippen LogP contribution in [-0.4, -0.2) is 29.9 Å². The summed E-state index contributed by atoms with van der Waals surface area (Å²) in [5.41, 5.74) is 3.36. The summed E-state index contributed by atoms with van der Waals surface area (Å²) in [6.45, 7) is 2.02. The van der Waals surface area contributed by atoms with Crippen LogP contribution < -0.4 is 15.0 Å². The third-order valence-electron chi connectivity index (χ3n) is 5.00. The van der Waals surface area contributed by atoms with Gasteiger partial charge in [-0.3, -0.25) is 14.6 Å². The Bertz CT molecular complexity index is 1080. The van der Waals surface area contributed by atoms with Crippen LogP contribution >= 0.6 is 0 Å². The van der Waals surface area contributed by atoms with Gasteiger partial charge >= 0.3 is 0 Å². The zero-order valence-corrected chi connectivity index (χ0v) is 16.3. The first-order valence-electron chi connectivity index (χ1n) is 9.39. The van der Waals surface area contributed by atoms with E-state index in [1.165, 1.54) is 12.4 Å². The molecule has 1 unspecified atom stereocenters. The molecule has 2 heterocycles. The highest BCUT2D eigenvalue weighted by atomic mass is 16.5. The molecule has 3 aromatic rings. The monoisotopic (exact) mass is 387 g/mol. The fourth-order valence-electron chi connectivity index (χ4n) is 3.60. The second kappa shape index (κ2) is 7.75. The van der Waals surface area contributed by atoms with E-state index in [1.54, 1.807) is 42.3 Å². The zero-order valence-electron chi connectivity index (χ0n) is 16.3. The Labute approximate surface area is 169 Å². The molecular weight excluding hydrogens is 366 g/mol. The van der Waals surface area contributed by atoms with Gasteiger partial charge in [0, 0.05) is 35.9 Å². The minimum absolute atomic E-state index is 0.0502. The van der Waals surface area contributed by atoms with Crippen molar-refractivity contribution in [2.24, 2.45) is 0 Å². The number of carbonyl (C=O) groups is 2. The maximum Gasteiger partial charge on any atom is 0.260 e. The molecule has 0 bridgehead atoms. The van der Waals surface area contributed by atoms with E-state index in [0.717, 1.165) is 17.7 Å². The summed E-state index contributed by atoms with van der Waals surface area (Å²) in [7, 11) is 1.57. The summed E-state index contributed by atoms with van der Waals surface area (Å²) in [6.07, 6.45) is 3.76. The molecule has 0 spiro atoms. The molecule has 6 nitrogen and oxygen atoms in total. The summed E-state index contributed by atoms with van der Waals surface area (Å²) >= 11 is 0. The topological polar surface area (TPSA) is 71.5 Å².